The van der Waals surface area contributed by atoms with Gasteiger partial charge in [-0.05, 0) is 96.8 Å². The summed E-state index contributed by atoms with van der Waals surface area (Å²) in [6.45, 7) is 10.7. The van der Waals surface area contributed by atoms with Crippen LogP contribution in [0.1, 0.15) is 85.2 Å². The Morgan fingerprint density at radius 1 is 0.967 bits per heavy atom. The molecule has 1 aromatic heterocycles. The summed E-state index contributed by atoms with van der Waals surface area (Å²) in [5.41, 5.74) is 3.13. The normalized spacial score (nSPS) is 17.4. The molecule has 0 saturated carbocycles. The van der Waals surface area contributed by atoms with Crippen LogP contribution in [0.5, 0.6) is 5.75 Å². The van der Waals surface area contributed by atoms with Gasteiger partial charge in [-0.1, -0.05) is 23.7 Å². The van der Waals surface area contributed by atoms with Crippen molar-refractivity contribution >= 4 is 73.9 Å². The Bertz CT molecular complexity index is 2530. The number of aromatic nitrogens is 2. The summed E-state index contributed by atoms with van der Waals surface area (Å²) in [5, 5.41) is 8.09. The van der Waals surface area contributed by atoms with Gasteiger partial charge in [0.15, 0.2) is 15.7 Å². The molecule has 3 N–H and O–H groups in total. The average Bonchev–Trinajstić information content (AvgIpc) is 3.44. The van der Waals surface area contributed by atoms with Gasteiger partial charge in [-0.2, -0.15) is 4.98 Å². The fourth-order valence-electron chi connectivity index (χ4n) is 7.90. The summed E-state index contributed by atoms with van der Waals surface area (Å²) in [5.74, 6) is -2.22. The van der Waals surface area contributed by atoms with Crippen LogP contribution in [0.3, 0.4) is 0 Å². The van der Waals surface area contributed by atoms with Gasteiger partial charge in [-0.15, -0.1) is 0 Å². The number of hydrogen-bond acceptors (Lipinski definition) is 13. The quantitative estimate of drug-likeness (QED) is 0.123. The van der Waals surface area contributed by atoms with Gasteiger partial charge in [0.05, 0.1) is 44.9 Å². The second kappa shape index (κ2) is 17.4. The van der Waals surface area contributed by atoms with Gasteiger partial charge >= 0.3 is 0 Å². The lowest BCUT2D eigenvalue weighted by Crippen LogP contribution is -2.54. The monoisotopic (exact) mass is 874 g/mol. The highest BCUT2D eigenvalue weighted by Crippen LogP contribution is 2.38. The fraction of sp³-hybridized carbons (Fsp3) is 0.395. The highest BCUT2D eigenvalue weighted by molar-refractivity contribution is 7.92. The third-order valence-electron chi connectivity index (χ3n) is 11.2. The number of aryl methyl sites for hydroxylation is 1. The number of benzene rings is 3. The van der Waals surface area contributed by atoms with Gasteiger partial charge in [-0.25, -0.2) is 17.8 Å². The minimum absolute atomic E-state index is 0.00436. The summed E-state index contributed by atoms with van der Waals surface area (Å²) in [6.07, 6.45) is 2.81. The van der Waals surface area contributed by atoms with Crippen molar-refractivity contribution in [2.45, 2.75) is 95.2 Å². The second-order valence-electron chi connectivity index (χ2n) is 16.1. The van der Waals surface area contributed by atoms with E-state index in [-0.39, 0.29) is 69.9 Å². The number of piperidine rings is 2. The number of para-hydroxylation sites is 1. The van der Waals surface area contributed by atoms with E-state index in [0.29, 0.717) is 30.2 Å². The number of nitrogens with one attached hydrogen (secondary N) is 3. The number of fused-ring (bicyclic) bond motifs is 1. The van der Waals surface area contributed by atoms with E-state index in [0.717, 1.165) is 35.1 Å². The molecule has 3 aromatic carbocycles. The standard InChI is InChI=1S/C43H48ClFN8O7S/c1-23(2)60-36-20-35(25(5)17-33(36)48-43-46-21-30(44)39(50-43)47-32-9-7-8-10-37(32)61(58,59)24(3)4)52-15-13-27(14-16-52)51(6)22-26-18-28-29(19-31(26)45)42(57)53(41(28)56)34-11-12-38(54)49-40(34)55/h7-10,17-21,23-24,27,34H,11-16,22H2,1-6H3,(H,49,54,55)(H2,46,47,48,50). The number of hydrogen-bond donors (Lipinski definition) is 3. The topological polar surface area (TPSA) is 183 Å². The van der Waals surface area contributed by atoms with E-state index in [1.807, 2.05) is 44.9 Å². The molecule has 3 aliphatic rings. The molecule has 4 aromatic rings. The predicted molar refractivity (Wildman–Crippen MR) is 229 cm³/mol. The van der Waals surface area contributed by atoms with Crippen LogP contribution in [0.15, 0.2) is 59.6 Å². The zero-order valence-corrected chi connectivity index (χ0v) is 36.3. The molecule has 15 nitrogen and oxygen atoms in total. The summed E-state index contributed by atoms with van der Waals surface area (Å²) >= 11 is 6.50. The molecule has 0 radical (unpaired) electrons. The molecule has 61 heavy (non-hydrogen) atoms. The van der Waals surface area contributed by atoms with Crippen LogP contribution in [0.25, 0.3) is 0 Å². The minimum atomic E-state index is -3.61. The van der Waals surface area contributed by atoms with Crippen LogP contribution in [0.2, 0.25) is 5.02 Å². The Morgan fingerprint density at radius 2 is 1.66 bits per heavy atom. The van der Waals surface area contributed by atoms with E-state index in [2.05, 4.69) is 30.8 Å². The largest absolute Gasteiger partial charge is 0.489 e. The highest BCUT2D eigenvalue weighted by atomic mass is 35.5. The van der Waals surface area contributed by atoms with Crippen molar-refractivity contribution in [2.24, 2.45) is 0 Å². The number of ether oxygens (including phenoxy) is 1. The lowest BCUT2D eigenvalue weighted by Gasteiger charge is -2.38. The Morgan fingerprint density at radius 3 is 2.33 bits per heavy atom. The maximum absolute atomic E-state index is 15.5. The number of imide groups is 2. The molecule has 3 aliphatic heterocycles. The second-order valence-corrected chi connectivity index (χ2v) is 19.0. The predicted octanol–water partition coefficient (Wildman–Crippen LogP) is 6.54. The maximum Gasteiger partial charge on any atom is 0.262 e. The van der Waals surface area contributed by atoms with E-state index in [4.69, 9.17) is 16.3 Å². The number of carbonyl (C=O) groups is 4. The molecule has 1 unspecified atom stereocenters. The first-order valence-electron chi connectivity index (χ1n) is 20.1. The zero-order valence-electron chi connectivity index (χ0n) is 34.7. The van der Waals surface area contributed by atoms with E-state index in [1.165, 1.54) is 12.3 Å². The van der Waals surface area contributed by atoms with Crippen molar-refractivity contribution in [3.63, 3.8) is 0 Å². The lowest BCUT2D eigenvalue weighted by molar-refractivity contribution is -0.136. The summed E-state index contributed by atoms with van der Waals surface area (Å²) in [4.78, 5) is 64.9. The fourth-order valence-corrected chi connectivity index (χ4v) is 9.24. The Kier molecular flexibility index (Phi) is 12.4. The van der Waals surface area contributed by atoms with Gasteiger partial charge in [-0.3, -0.25) is 34.3 Å². The zero-order chi connectivity index (χ0) is 43.9. The first-order valence-corrected chi connectivity index (χ1v) is 22.0. The molecule has 0 aliphatic carbocycles. The Balaban J connectivity index is 1.03. The number of anilines is 5. The van der Waals surface area contributed by atoms with Crippen molar-refractivity contribution in [3.05, 3.63) is 87.8 Å². The minimum Gasteiger partial charge on any atom is -0.489 e. The van der Waals surface area contributed by atoms with E-state index < -0.39 is 50.6 Å². The number of halogens is 2. The first kappa shape index (κ1) is 43.4. The Hall–Kier alpha value is -5.65. The van der Waals surface area contributed by atoms with Crippen LogP contribution in [0.4, 0.5) is 33.2 Å². The van der Waals surface area contributed by atoms with Gasteiger partial charge in [0.1, 0.15) is 22.6 Å². The van der Waals surface area contributed by atoms with Gasteiger partial charge in [0.2, 0.25) is 17.8 Å². The molecule has 0 bridgehead atoms. The molecule has 4 amide bonds. The number of nitrogens with zero attached hydrogens (tertiary/aromatic N) is 5. The average molecular weight is 875 g/mol. The van der Waals surface area contributed by atoms with E-state index >= 15 is 4.39 Å². The first-order chi connectivity index (χ1) is 28.9. The molecule has 322 valence electrons. The van der Waals surface area contributed by atoms with Crippen molar-refractivity contribution < 1.29 is 36.7 Å². The van der Waals surface area contributed by atoms with Crippen LogP contribution < -0.4 is 25.6 Å². The molecular weight excluding hydrogens is 827 g/mol. The molecule has 2 saturated heterocycles. The molecule has 2 fully saturated rings. The molecule has 0 spiro atoms. The Labute approximate surface area is 358 Å². The number of sulfone groups is 1. The molecule has 18 heteroatoms. The van der Waals surface area contributed by atoms with Gasteiger partial charge < -0.3 is 20.3 Å². The summed E-state index contributed by atoms with van der Waals surface area (Å²) in [7, 11) is -1.70. The SMILES string of the molecule is Cc1cc(Nc2ncc(Cl)c(Nc3ccccc3S(=O)(=O)C(C)C)n2)c(OC(C)C)cc1N1CCC(N(C)Cc2cc3c(cc2F)C(=O)N(C2CCC(=O)NC2=O)C3=O)CC1. The highest BCUT2D eigenvalue weighted by Gasteiger charge is 2.45. The lowest BCUT2D eigenvalue weighted by atomic mass is 10.00. The molecular formula is C43H48ClFN8O7S. The maximum atomic E-state index is 15.5. The van der Waals surface area contributed by atoms with Crippen LogP contribution >= 0.6 is 11.6 Å². The number of carbonyl (C=O) groups excluding carboxylic acids is 4. The van der Waals surface area contributed by atoms with Crippen molar-refractivity contribution in [1.29, 1.82) is 0 Å². The summed E-state index contributed by atoms with van der Waals surface area (Å²) in [6, 6.07) is 12.0. The molecule has 4 heterocycles. The van der Waals surface area contributed by atoms with Crippen molar-refractivity contribution in [2.75, 3.05) is 35.7 Å². The molecule has 7 rings (SSSR count). The van der Waals surface area contributed by atoms with E-state index in [9.17, 15) is 27.6 Å². The third kappa shape index (κ3) is 8.90. The van der Waals surface area contributed by atoms with Crippen LogP contribution in [0, 0.1) is 12.7 Å². The van der Waals surface area contributed by atoms with Gasteiger partial charge in [0, 0.05) is 49.4 Å². The van der Waals surface area contributed by atoms with Crippen molar-refractivity contribution in [3.8, 4) is 5.75 Å². The van der Waals surface area contributed by atoms with Crippen LogP contribution in [-0.2, 0) is 26.0 Å². The van der Waals surface area contributed by atoms with Gasteiger partial charge in [0.25, 0.3) is 11.8 Å². The van der Waals surface area contributed by atoms with Crippen LogP contribution in [-0.4, -0.2) is 95.4 Å². The van der Waals surface area contributed by atoms with E-state index in [1.54, 1.807) is 38.1 Å². The molecule has 1 atom stereocenters. The summed E-state index contributed by atoms with van der Waals surface area (Å²) < 4.78 is 48.0. The number of rotatable bonds is 13. The smallest absolute Gasteiger partial charge is 0.262 e. The number of amides is 4. The van der Waals surface area contributed by atoms with Crippen molar-refractivity contribution in [1.82, 2.24) is 25.1 Å². The third-order valence-corrected chi connectivity index (χ3v) is 13.7.